The number of fused-ring (bicyclic) bond motifs is 1. The van der Waals surface area contributed by atoms with Gasteiger partial charge in [-0.2, -0.15) is 0 Å². The van der Waals surface area contributed by atoms with Gasteiger partial charge in [-0.1, -0.05) is 51.1 Å². The highest BCUT2D eigenvalue weighted by Crippen LogP contribution is 2.39. The average molecular weight is 246 g/mol. The van der Waals surface area contributed by atoms with E-state index in [2.05, 4.69) is 6.92 Å². The molecular weight excluding hydrogens is 227 g/mol. The number of aliphatic hydroxyl groups excluding tert-OH is 1. The van der Waals surface area contributed by atoms with E-state index in [0.717, 1.165) is 17.4 Å². The van der Waals surface area contributed by atoms with Gasteiger partial charge < -0.3 is 5.11 Å². The first-order valence-electron chi connectivity index (χ1n) is 6.32. The molecule has 18 heavy (non-hydrogen) atoms. The molecule has 0 fully saturated rings. The lowest BCUT2D eigenvalue weighted by atomic mass is 9.79. The molecule has 1 N–H and O–H groups in total. The molecule has 2 aromatic rings. The summed E-state index contributed by atoms with van der Waals surface area (Å²) in [6, 6.07) is 10.4. The minimum atomic E-state index is -0.590. The van der Waals surface area contributed by atoms with E-state index < -0.39 is 6.10 Å². The van der Waals surface area contributed by atoms with Crippen LogP contribution in [0.2, 0.25) is 0 Å². The van der Waals surface area contributed by atoms with Crippen LogP contribution in [-0.4, -0.2) is 5.11 Å². The number of rotatable bonds is 3. The standard InChI is InChI=1S/C16H19FO/c1-4-16(2,3)15(18)13-9-10-14(17)12-8-6-5-7-11(12)13/h5-10,15,18H,4H2,1-3H3. The third-order valence-corrected chi connectivity index (χ3v) is 3.85. The maximum absolute atomic E-state index is 13.7. The van der Waals surface area contributed by atoms with Gasteiger partial charge in [-0.3, -0.25) is 0 Å². The van der Waals surface area contributed by atoms with E-state index in [1.807, 2.05) is 32.0 Å². The van der Waals surface area contributed by atoms with Gasteiger partial charge in [0, 0.05) is 5.39 Å². The van der Waals surface area contributed by atoms with Gasteiger partial charge in [0.1, 0.15) is 5.82 Å². The Balaban J connectivity index is 2.62. The quantitative estimate of drug-likeness (QED) is 0.848. The van der Waals surface area contributed by atoms with Crippen LogP contribution in [0.15, 0.2) is 36.4 Å². The Bertz CT molecular complexity index is 560. The Labute approximate surface area is 107 Å². The molecule has 0 spiro atoms. The van der Waals surface area contributed by atoms with Crippen molar-refractivity contribution < 1.29 is 9.50 Å². The summed E-state index contributed by atoms with van der Waals surface area (Å²) in [5.74, 6) is -0.240. The Hall–Kier alpha value is -1.41. The molecule has 0 aromatic heterocycles. The number of halogens is 1. The van der Waals surface area contributed by atoms with E-state index in [1.54, 1.807) is 12.1 Å². The zero-order valence-corrected chi connectivity index (χ0v) is 11.1. The highest BCUT2D eigenvalue weighted by molar-refractivity contribution is 5.86. The molecule has 2 heteroatoms. The van der Waals surface area contributed by atoms with Gasteiger partial charge in [-0.15, -0.1) is 0 Å². The summed E-state index contributed by atoms with van der Waals surface area (Å²) in [5, 5.41) is 11.9. The van der Waals surface area contributed by atoms with E-state index >= 15 is 0 Å². The Kier molecular flexibility index (Phi) is 3.40. The smallest absolute Gasteiger partial charge is 0.131 e. The Morgan fingerprint density at radius 1 is 1.11 bits per heavy atom. The van der Waals surface area contributed by atoms with E-state index in [9.17, 15) is 9.50 Å². The van der Waals surface area contributed by atoms with Crippen molar-refractivity contribution in [3.05, 3.63) is 47.8 Å². The van der Waals surface area contributed by atoms with Crippen LogP contribution < -0.4 is 0 Å². The second-order valence-electron chi connectivity index (χ2n) is 5.43. The molecule has 0 saturated carbocycles. The molecule has 0 aliphatic heterocycles. The van der Waals surface area contributed by atoms with Crippen LogP contribution in [0, 0.1) is 11.2 Å². The molecule has 1 atom stereocenters. The molecule has 96 valence electrons. The first kappa shape index (κ1) is 13.0. The van der Waals surface area contributed by atoms with Crippen LogP contribution >= 0.6 is 0 Å². The van der Waals surface area contributed by atoms with E-state index in [1.165, 1.54) is 6.07 Å². The van der Waals surface area contributed by atoms with Crippen molar-refractivity contribution in [1.82, 2.24) is 0 Å². The minimum Gasteiger partial charge on any atom is -0.388 e. The number of hydrogen-bond acceptors (Lipinski definition) is 1. The lowest BCUT2D eigenvalue weighted by Gasteiger charge is -2.30. The Morgan fingerprint density at radius 2 is 1.72 bits per heavy atom. The zero-order chi connectivity index (χ0) is 13.3. The molecule has 1 unspecified atom stereocenters. The summed E-state index contributed by atoms with van der Waals surface area (Å²) in [7, 11) is 0. The summed E-state index contributed by atoms with van der Waals surface area (Å²) >= 11 is 0. The largest absolute Gasteiger partial charge is 0.388 e. The molecule has 2 aromatic carbocycles. The van der Waals surface area contributed by atoms with Crippen LogP contribution in [0.25, 0.3) is 10.8 Å². The van der Waals surface area contributed by atoms with E-state index in [-0.39, 0.29) is 11.2 Å². The normalized spacial score (nSPS) is 13.8. The lowest BCUT2D eigenvalue weighted by Crippen LogP contribution is -2.21. The SMILES string of the molecule is CCC(C)(C)C(O)c1ccc(F)c2ccccc12. The lowest BCUT2D eigenvalue weighted by molar-refractivity contribution is 0.0477. The third kappa shape index (κ3) is 2.13. The monoisotopic (exact) mass is 246 g/mol. The second kappa shape index (κ2) is 4.69. The topological polar surface area (TPSA) is 20.2 Å². The molecule has 0 amide bonds. The fourth-order valence-corrected chi connectivity index (χ4v) is 2.14. The van der Waals surface area contributed by atoms with Gasteiger partial charge in [0.05, 0.1) is 6.10 Å². The van der Waals surface area contributed by atoms with Crippen LogP contribution in [-0.2, 0) is 0 Å². The highest BCUT2D eigenvalue weighted by atomic mass is 19.1. The van der Waals surface area contributed by atoms with Gasteiger partial charge in [0.15, 0.2) is 0 Å². The zero-order valence-electron chi connectivity index (χ0n) is 11.1. The molecule has 1 nitrogen and oxygen atoms in total. The first-order valence-corrected chi connectivity index (χ1v) is 6.32. The van der Waals surface area contributed by atoms with Gasteiger partial charge in [0.2, 0.25) is 0 Å². The average Bonchev–Trinajstić information content (AvgIpc) is 2.39. The van der Waals surface area contributed by atoms with Gasteiger partial charge in [0.25, 0.3) is 0 Å². The second-order valence-corrected chi connectivity index (χ2v) is 5.43. The van der Waals surface area contributed by atoms with Crippen molar-refractivity contribution in [2.24, 2.45) is 5.41 Å². The van der Waals surface area contributed by atoms with Crippen LogP contribution in [0.3, 0.4) is 0 Å². The predicted octanol–water partition coefficient (Wildman–Crippen LogP) is 4.45. The van der Waals surface area contributed by atoms with Gasteiger partial charge in [-0.25, -0.2) is 4.39 Å². The van der Waals surface area contributed by atoms with Crippen molar-refractivity contribution in [2.45, 2.75) is 33.3 Å². The van der Waals surface area contributed by atoms with Gasteiger partial charge >= 0.3 is 0 Å². The highest BCUT2D eigenvalue weighted by Gasteiger charge is 2.28. The fourth-order valence-electron chi connectivity index (χ4n) is 2.14. The minimum absolute atomic E-state index is 0.222. The van der Waals surface area contributed by atoms with Crippen LogP contribution in [0.5, 0.6) is 0 Å². The molecule has 0 bridgehead atoms. The number of hydrogen-bond donors (Lipinski definition) is 1. The maximum Gasteiger partial charge on any atom is 0.131 e. The predicted molar refractivity (Wildman–Crippen MR) is 72.9 cm³/mol. The first-order chi connectivity index (χ1) is 8.47. The summed E-state index contributed by atoms with van der Waals surface area (Å²) in [6.07, 6.45) is 0.271. The molecule has 0 radical (unpaired) electrons. The molecule has 2 rings (SSSR count). The van der Waals surface area contributed by atoms with Crippen molar-refractivity contribution in [3.63, 3.8) is 0 Å². The molecule has 0 aliphatic rings. The van der Waals surface area contributed by atoms with Crippen LogP contribution in [0.1, 0.15) is 38.9 Å². The van der Waals surface area contributed by atoms with Crippen molar-refractivity contribution in [1.29, 1.82) is 0 Å². The number of benzene rings is 2. The third-order valence-electron chi connectivity index (χ3n) is 3.85. The summed E-state index contributed by atoms with van der Waals surface area (Å²) in [5.41, 5.74) is 0.583. The number of aliphatic hydroxyl groups is 1. The van der Waals surface area contributed by atoms with E-state index in [4.69, 9.17) is 0 Å². The maximum atomic E-state index is 13.7. The molecule has 0 saturated heterocycles. The van der Waals surface area contributed by atoms with Crippen molar-refractivity contribution >= 4 is 10.8 Å². The molecule has 0 aliphatic carbocycles. The summed E-state index contributed by atoms with van der Waals surface area (Å²) in [4.78, 5) is 0. The van der Waals surface area contributed by atoms with Crippen molar-refractivity contribution in [2.75, 3.05) is 0 Å². The molecule has 0 heterocycles. The van der Waals surface area contributed by atoms with Crippen LogP contribution in [0.4, 0.5) is 4.39 Å². The van der Waals surface area contributed by atoms with E-state index in [0.29, 0.717) is 5.39 Å². The van der Waals surface area contributed by atoms with Crippen molar-refractivity contribution in [3.8, 4) is 0 Å². The van der Waals surface area contributed by atoms with Gasteiger partial charge in [-0.05, 0) is 28.9 Å². The Morgan fingerprint density at radius 3 is 2.33 bits per heavy atom. The summed E-state index contributed by atoms with van der Waals surface area (Å²) in [6.45, 7) is 6.10. The fraction of sp³-hybridized carbons (Fsp3) is 0.375. The summed E-state index contributed by atoms with van der Waals surface area (Å²) < 4.78 is 13.7. The molecular formula is C16H19FO.